The maximum absolute atomic E-state index is 11.8. The highest BCUT2D eigenvalue weighted by molar-refractivity contribution is 5.87. The molecule has 2 N–H and O–H groups in total. The van der Waals surface area contributed by atoms with E-state index in [0.717, 1.165) is 37.4 Å². The van der Waals surface area contributed by atoms with Crippen molar-refractivity contribution in [2.24, 2.45) is 0 Å². The van der Waals surface area contributed by atoms with E-state index in [2.05, 4.69) is 10.2 Å². The van der Waals surface area contributed by atoms with Crippen molar-refractivity contribution in [3.63, 3.8) is 0 Å². The molecular formula is C13H17N3O3. The summed E-state index contributed by atoms with van der Waals surface area (Å²) in [4.78, 5) is 14.1. The van der Waals surface area contributed by atoms with Gasteiger partial charge in [-0.1, -0.05) is 6.07 Å². The number of nitrogens with zero attached hydrogens (tertiary/aromatic N) is 2. The zero-order chi connectivity index (χ0) is 13.2. The first-order chi connectivity index (χ1) is 9.31. The van der Waals surface area contributed by atoms with Gasteiger partial charge in [-0.25, -0.2) is 4.79 Å². The molecule has 1 fully saturated rings. The summed E-state index contributed by atoms with van der Waals surface area (Å²) in [6.45, 7) is 3.84. The minimum absolute atomic E-state index is 0.0789. The number of anilines is 1. The average Bonchev–Trinajstić information content (AvgIpc) is 2.76. The first-order valence-electron chi connectivity index (χ1n) is 6.50. The maximum atomic E-state index is 11.8. The number of aliphatic hydroxyl groups excluding tert-OH is 1. The number of fused-ring (bicyclic) bond motifs is 1. The lowest BCUT2D eigenvalue weighted by atomic mass is 10.2. The Balaban J connectivity index is 2.14. The fraction of sp³-hybridized carbons (Fsp3) is 0.462. The van der Waals surface area contributed by atoms with E-state index in [4.69, 9.17) is 9.52 Å². The molecule has 0 saturated carbocycles. The van der Waals surface area contributed by atoms with E-state index in [1.807, 2.05) is 12.1 Å². The molecule has 0 atom stereocenters. The Morgan fingerprint density at radius 2 is 2.11 bits per heavy atom. The number of nitrogens with one attached hydrogen (secondary N) is 1. The number of hydrogen-bond acceptors (Lipinski definition) is 5. The molecule has 1 aliphatic rings. The van der Waals surface area contributed by atoms with Crippen LogP contribution in [-0.4, -0.2) is 42.5 Å². The molecule has 2 aromatic rings. The van der Waals surface area contributed by atoms with Gasteiger partial charge < -0.3 is 19.7 Å². The summed E-state index contributed by atoms with van der Waals surface area (Å²) < 4.78 is 6.74. The largest absolute Gasteiger partial charge is 0.420 e. The molecule has 2 heterocycles. The SMILES string of the molecule is O=c1oc2cccc(N3CCNCC3)c2n1CCO. The number of para-hydroxylation sites is 1. The molecule has 1 saturated heterocycles. The van der Waals surface area contributed by atoms with Gasteiger partial charge in [0.2, 0.25) is 0 Å². The quantitative estimate of drug-likeness (QED) is 0.815. The normalized spacial score (nSPS) is 16.2. The first-order valence-corrected chi connectivity index (χ1v) is 6.50. The molecule has 1 aromatic heterocycles. The van der Waals surface area contributed by atoms with Crippen molar-refractivity contribution in [3.8, 4) is 0 Å². The molecule has 0 bridgehead atoms. The van der Waals surface area contributed by atoms with E-state index in [9.17, 15) is 4.79 Å². The third kappa shape index (κ3) is 2.13. The van der Waals surface area contributed by atoms with Gasteiger partial charge in [-0.05, 0) is 12.1 Å². The van der Waals surface area contributed by atoms with Crippen LogP contribution in [0.25, 0.3) is 11.1 Å². The van der Waals surface area contributed by atoms with Crippen LogP contribution in [0.4, 0.5) is 5.69 Å². The molecule has 19 heavy (non-hydrogen) atoms. The molecule has 102 valence electrons. The molecule has 3 rings (SSSR count). The van der Waals surface area contributed by atoms with E-state index in [0.29, 0.717) is 5.58 Å². The standard InChI is InChI=1S/C13H17N3O3/c17-9-8-16-12-10(15-6-4-14-5-7-15)2-1-3-11(12)19-13(16)18/h1-3,14,17H,4-9H2. The van der Waals surface area contributed by atoms with Crippen molar-refractivity contribution in [1.82, 2.24) is 9.88 Å². The predicted octanol–water partition coefficient (Wildman–Crippen LogP) is -0.00360. The molecular weight excluding hydrogens is 246 g/mol. The van der Waals surface area contributed by atoms with Crippen molar-refractivity contribution in [3.05, 3.63) is 28.7 Å². The van der Waals surface area contributed by atoms with Crippen LogP contribution in [0.15, 0.2) is 27.4 Å². The summed E-state index contributed by atoms with van der Waals surface area (Å²) in [6.07, 6.45) is 0. The zero-order valence-corrected chi connectivity index (χ0v) is 10.6. The van der Waals surface area contributed by atoms with Crippen molar-refractivity contribution in [1.29, 1.82) is 0 Å². The first kappa shape index (κ1) is 12.3. The summed E-state index contributed by atoms with van der Waals surface area (Å²) in [5.41, 5.74) is 2.36. The number of oxazole rings is 1. The lowest BCUT2D eigenvalue weighted by Crippen LogP contribution is -2.43. The van der Waals surface area contributed by atoms with E-state index in [-0.39, 0.29) is 13.2 Å². The van der Waals surface area contributed by atoms with Crippen molar-refractivity contribution >= 4 is 16.8 Å². The Hall–Kier alpha value is -1.79. The zero-order valence-electron chi connectivity index (χ0n) is 10.6. The van der Waals surface area contributed by atoms with Gasteiger partial charge >= 0.3 is 5.76 Å². The minimum Gasteiger partial charge on any atom is -0.408 e. The highest BCUT2D eigenvalue weighted by Crippen LogP contribution is 2.26. The highest BCUT2D eigenvalue weighted by Gasteiger charge is 2.18. The Morgan fingerprint density at radius 3 is 2.84 bits per heavy atom. The van der Waals surface area contributed by atoms with Crippen LogP contribution >= 0.6 is 0 Å². The smallest absolute Gasteiger partial charge is 0.408 e. The summed E-state index contributed by atoms with van der Waals surface area (Å²) in [7, 11) is 0. The van der Waals surface area contributed by atoms with Crippen molar-refractivity contribution < 1.29 is 9.52 Å². The van der Waals surface area contributed by atoms with Gasteiger partial charge in [0, 0.05) is 26.2 Å². The topological polar surface area (TPSA) is 70.6 Å². The molecule has 6 heteroatoms. The van der Waals surface area contributed by atoms with Gasteiger partial charge in [0.25, 0.3) is 0 Å². The highest BCUT2D eigenvalue weighted by atomic mass is 16.4. The number of rotatable bonds is 3. The van der Waals surface area contributed by atoms with Crippen molar-refractivity contribution in [2.75, 3.05) is 37.7 Å². The summed E-state index contributed by atoms with van der Waals surface area (Å²) in [5.74, 6) is -0.411. The Labute approximate surface area is 110 Å². The van der Waals surface area contributed by atoms with Gasteiger partial charge in [0.15, 0.2) is 5.58 Å². The van der Waals surface area contributed by atoms with Gasteiger partial charge in [-0.2, -0.15) is 0 Å². The monoisotopic (exact) mass is 263 g/mol. The molecule has 0 spiro atoms. The van der Waals surface area contributed by atoms with E-state index in [1.165, 1.54) is 4.57 Å². The second kappa shape index (κ2) is 5.07. The Kier molecular flexibility index (Phi) is 3.27. The third-order valence-corrected chi connectivity index (χ3v) is 3.45. The molecule has 0 amide bonds. The minimum atomic E-state index is -0.411. The van der Waals surface area contributed by atoms with Crippen LogP contribution in [0, 0.1) is 0 Å². The van der Waals surface area contributed by atoms with Gasteiger partial charge in [0.05, 0.1) is 18.8 Å². The fourth-order valence-electron chi connectivity index (χ4n) is 2.57. The number of hydrogen-bond donors (Lipinski definition) is 2. The molecule has 6 nitrogen and oxygen atoms in total. The van der Waals surface area contributed by atoms with Crippen LogP contribution in [0.1, 0.15) is 0 Å². The van der Waals surface area contributed by atoms with Gasteiger partial charge in [0.1, 0.15) is 5.52 Å². The number of benzene rings is 1. The van der Waals surface area contributed by atoms with Crippen LogP contribution in [0.3, 0.4) is 0 Å². The second-order valence-corrected chi connectivity index (χ2v) is 4.60. The predicted molar refractivity (Wildman–Crippen MR) is 72.6 cm³/mol. The average molecular weight is 263 g/mol. The van der Waals surface area contributed by atoms with Crippen LogP contribution in [0.2, 0.25) is 0 Å². The molecule has 0 unspecified atom stereocenters. The van der Waals surface area contributed by atoms with Crippen molar-refractivity contribution in [2.45, 2.75) is 6.54 Å². The number of aromatic nitrogens is 1. The van der Waals surface area contributed by atoms with Crippen LogP contribution < -0.4 is 16.0 Å². The van der Waals surface area contributed by atoms with E-state index >= 15 is 0 Å². The molecule has 1 aromatic carbocycles. The molecule has 0 radical (unpaired) electrons. The Morgan fingerprint density at radius 1 is 1.32 bits per heavy atom. The van der Waals surface area contributed by atoms with Gasteiger partial charge in [-0.3, -0.25) is 4.57 Å². The maximum Gasteiger partial charge on any atom is 0.420 e. The summed E-state index contributed by atoms with van der Waals surface area (Å²) >= 11 is 0. The lowest BCUT2D eigenvalue weighted by Gasteiger charge is -2.29. The van der Waals surface area contributed by atoms with E-state index in [1.54, 1.807) is 6.07 Å². The third-order valence-electron chi connectivity index (χ3n) is 3.45. The second-order valence-electron chi connectivity index (χ2n) is 4.60. The summed E-state index contributed by atoms with van der Waals surface area (Å²) in [6, 6.07) is 5.68. The summed E-state index contributed by atoms with van der Waals surface area (Å²) in [5, 5.41) is 12.4. The van der Waals surface area contributed by atoms with Crippen LogP contribution in [0.5, 0.6) is 0 Å². The number of aliphatic hydroxyl groups is 1. The van der Waals surface area contributed by atoms with Crippen LogP contribution in [-0.2, 0) is 6.54 Å². The lowest BCUT2D eigenvalue weighted by molar-refractivity contribution is 0.272. The fourth-order valence-corrected chi connectivity index (χ4v) is 2.57. The van der Waals surface area contributed by atoms with E-state index < -0.39 is 5.76 Å². The van der Waals surface area contributed by atoms with Gasteiger partial charge in [-0.15, -0.1) is 0 Å². The molecule has 1 aliphatic heterocycles. The Bertz CT molecular complexity index is 626. The number of piperazine rings is 1. The molecule has 0 aliphatic carbocycles.